The van der Waals surface area contributed by atoms with Crippen molar-refractivity contribution in [1.82, 2.24) is 0 Å². The van der Waals surface area contributed by atoms with Crippen molar-refractivity contribution in [3.8, 4) is 0 Å². The number of amides is 1. The number of hydrogen-bond donors (Lipinski definition) is 2. The quantitative estimate of drug-likeness (QED) is 0.855. The lowest BCUT2D eigenvalue weighted by atomic mass is 9.87. The molecule has 3 heteroatoms. The summed E-state index contributed by atoms with van der Waals surface area (Å²) in [5.41, 5.74) is 1.94. The zero-order valence-electron chi connectivity index (χ0n) is 11.4. The molecule has 1 aromatic rings. The molecule has 0 spiro atoms. The van der Waals surface area contributed by atoms with E-state index in [0.717, 1.165) is 11.3 Å². The normalized spacial score (nSPS) is 16.3. The highest BCUT2D eigenvalue weighted by molar-refractivity contribution is 5.90. The van der Waals surface area contributed by atoms with Crippen LogP contribution in [-0.4, -0.2) is 17.6 Å². The maximum atomic E-state index is 11.9. The van der Waals surface area contributed by atoms with Crippen molar-refractivity contribution < 1.29 is 9.90 Å². The van der Waals surface area contributed by atoms with Crippen molar-refractivity contribution in [2.45, 2.75) is 44.9 Å². The lowest BCUT2D eigenvalue weighted by molar-refractivity contribution is -0.117. The van der Waals surface area contributed by atoms with Crippen LogP contribution < -0.4 is 5.32 Å². The Kier molecular flexibility index (Phi) is 5.40. The Morgan fingerprint density at radius 2 is 1.84 bits per heavy atom. The number of nitrogens with one attached hydrogen (secondary N) is 1. The van der Waals surface area contributed by atoms with Gasteiger partial charge in [0.15, 0.2) is 0 Å². The van der Waals surface area contributed by atoms with E-state index in [-0.39, 0.29) is 12.5 Å². The number of aliphatic hydroxyl groups excluding tert-OH is 1. The van der Waals surface area contributed by atoms with E-state index in [1.54, 1.807) is 0 Å². The molecule has 0 unspecified atom stereocenters. The lowest BCUT2D eigenvalue weighted by Gasteiger charge is -2.20. The van der Waals surface area contributed by atoms with Gasteiger partial charge in [0.2, 0.25) is 5.91 Å². The maximum absolute atomic E-state index is 11.9. The van der Waals surface area contributed by atoms with Crippen molar-refractivity contribution in [2.75, 3.05) is 11.9 Å². The molecule has 1 aromatic carbocycles. The predicted octanol–water partition coefficient (Wildman–Crippen LogP) is 3.13. The minimum atomic E-state index is 0.127. The van der Waals surface area contributed by atoms with E-state index in [1.807, 2.05) is 24.3 Å². The molecule has 3 nitrogen and oxygen atoms in total. The third-order valence-electron chi connectivity index (χ3n) is 3.84. The van der Waals surface area contributed by atoms with Crippen LogP contribution in [0.25, 0.3) is 0 Å². The van der Waals surface area contributed by atoms with Crippen LogP contribution in [0.5, 0.6) is 0 Å². The van der Waals surface area contributed by atoms with Gasteiger partial charge in [0.05, 0.1) is 0 Å². The first kappa shape index (κ1) is 14.1. The Morgan fingerprint density at radius 1 is 1.16 bits per heavy atom. The average molecular weight is 261 g/mol. The molecule has 0 bridgehead atoms. The molecule has 104 valence electrons. The van der Waals surface area contributed by atoms with Crippen molar-refractivity contribution in [1.29, 1.82) is 0 Å². The van der Waals surface area contributed by atoms with Crippen molar-refractivity contribution >= 4 is 11.6 Å². The monoisotopic (exact) mass is 261 g/mol. The fourth-order valence-electron chi connectivity index (χ4n) is 2.75. The molecule has 0 heterocycles. The first-order valence-electron chi connectivity index (χ1n) is 7.27. The largest absolute Gasteiger partial charge is 0.396 e. The second-order valence-electron chi connectivity index (χ2n) is 5.43. The minimum Gasteiger partial charge on any atom is -0.396 e. The summed E-state index contributed by atoms with van der Waals surface area (Å²) in [4.78, 5) is 11.9. The number of anilines is 1. The van der Waals surface area contributed by atoms with Gasteiger partial charge in [-0.2, -0.15) is 0 Å². The van der Waals surface area contributed by atoms with Gasteiger partial charge < -0.3 is 10.4 Å². The summed E-state index contributed by atoms with van der Waals surface area (Å²) < 4.78 is 0. The molecule has 0 aliphatic heterocycles. The topological polar surface area (TPSA) is 49.3 Å². The Balaban J connectivity index is 1.80. The van der Waals surface area contributed by atoms with Crippen LogP contribution in [0.4, 0.5) is 5.69 Å². The first-order valence-corrected chi connectivity index (χ1v) is 7.27. The number of aliphatic hydroxyl groups is 1. The third kappa shape index (κ3) is 4.67. The van der Waals surface area contributed by atoms with Crippen molar-refractivity contribution in [3.63, 3.8) is 0 Å². The molecule has 0 aromatic heterocycles. The van der Waals surface area contributed by atoms with Crippen LogP contribution >= 0.6 is 0 Å². The van der Waals surface area contributed by atoms with Crippen LogP contribution in [0.2, 0.25) is 0 Å². The zero-order valence-corrected chi connectivity index (χ0v) is 11.4. The minimum absolute atomic E-state index is 0.127. The van der Waals surface area contributed by atoms with Gasteiger partial charge in [0.25, 0.3) is 0 Å². The van der Waals surface area contributed by atoms with Crippen LogP contribution in [0.1, 0.15) is 44.1 Å². The summed E-state index contributed by atoms with van der Waals surface area (Å²) in [6.45, 7) is 0.160. The maximum Gasteiger partial charge on any atom is 0.224 e. The highest BCUT2D eigenvalue weighted by Crippen LogP contribution is 2.26. The molecular formula is C16H23NO2. The Labute approximate surface area is 115 Å². The molecule has 1 aliphatic carbocycles. The highest BCUT2D eigenvalue weighted by Gasteiger charge is 2.16. The first-order chi connectivity index (χ1) is 9.28. The summed E-state index contributed by atoms with van der Waals surface area (Å²) >= 11 is 0. The average Bonchev–Trinajstić information content (AvgIpc) is 2.42. The van der Waals surface area contributed by atoms with E-state index < -0.39 is 0 Å². The molecule has 0 saturated heterocycles. The number of rotatable bonds is 5. The predicted molar refractivity (Wildman–Crippen MR) is 77.1 cm³/mol. The highest BCUT2D eigenvalue weighted by atomic mass is 16.2. The molecule has 19 heavy (non-hydrogen) atoms. The van der Waals surface area contributed by atoms with Gasteiger partial charge in [-0.3, -0.25) is 4.79 Å². The number of carbonyl (C=O) groups is 1. The fourth-order valence-corrected chi connectivity index (χ4v) is 2.75. The summed E-state index contributed by atoms with van der Waals surface area (Å²) in [6, 6.07) is 7.71. The van der Waals surface area contributed by atoms with E-state index >= 15 is 0 Å². The lowest BCUT2D eigenvalue weighted by Crippen LogP contribution is -2.18. The summed E-state index contributed by atoms with van der Waals surface area (Å²) in [6.07, 6.45) is 7.58. The van der Waals surface area contributed by atoms with Crippen LogP contribution in [0.15, 0.2) is 24.3 Å². The Hall–Kier alpha value is -1.35. The second-order valence-corrected chi connectivity index (χ2v) is 5.43. The molecule has 0 atom stereocenters. The van der Waals surface area contributed by atoms with E-state index in [9.17, 15) is 4.79 Å². The smallest absolute Gasteiger partial charge is 0.224 e. The number of carbonyl (C=O) groups excluding carboxylic acids is 1. The number of hydrogen-bond acceptors (Lipinski definition) is 2. The van der Waals surface area contributed by atoms with E-state index in [4.69, 9.17) is 5.11 Å². The molecule has 2 rings (SSSR count). The number of benzene rings is 1. The van der Waals surface area contributed by atoms with Gasteiger partial charge in [-0.15, -0.1) is 0 Å². The van der Waals surface area contributed by atoms with Gasteiger partial charge in [0.1, 0.15) is 0 Å². The zero-order chi connectivity index (χ0) is 13.5. The summed E-state index contributed by atoms with van der Waals surface area (Å²) in [5.74, 6) is 0.698. The molecule has 1 amide bonds. The van der Waals surface area contributed by atoms with Crippen LogP contribution in [0, 0.1) is 5.92 Å². The van der Waals surface area contributed by atoms with Gasteiger partial charge in [-0.05, 0) is 42.9 Å². The molecule has 0 radical (unpaired) electrons. The van der Waals surface area contributed by atoms with E-state index in [2.05, 4.69) is 5.32 Å². The fraction of sp³-hybridized carbons (Fsp3) is 0.562. The summed E-state index contributed by atoms with van der Waals surface area (Å²) in [7, 11) is 0. The Morgan fingerprint density at radius 3 is 2.47 bits per heavy atom. The van der Waals surface area contributed by atoms with Gasteiger partial charge in [-0.25, -0.2) is 0 Å². The summed E-state index contributed by atoms with van der Waals surface area (Å²) in [5, 5.41) is 11.8. The molecule has 2 N–H and O–H groups in total. The standard InChI is InChI=1S/C16H23NO2/c18-11-10-13-6-8-15(9-7-13)17-16(19)12-14-4-2-1-3-5-14/h6-9,14,18H,1-5,10-12H2,(H,17,19). The SMILES string of the molecule is O=C(CC1CCCCC1)Nc1ccc(CCO)cc1. The Bertz CT molecular complexity index is 394. The molecule has 1 saturated carbocycles. The second kappa shape index (κ2) is 7.29. The van der Waals surface area contributed by atoms with Gasteiger partial charge in [-0.1, -0.05) is 31.4 Å². The molecule has 1 fully saturated rings. The molecule has 1 aliphatic rings. The van der Waals surface area contributed by atoms with Crippen LogP contribution in [0.3, 0.4) is 0 Å². The van der Waals surface area contributed by atoms with E-state index in [1.165, 1.54) is 32.1 Å². The van der Waals surface area contributed by atoms with Crippen molar-refractivity contribution in [3.05, 3.63) is 29.8 Å². The van der Waals surface area contributed by atoms with E-state index in [0.29, 0.717) is 18.8 Å². The van der Waals surface area contributed by atoms with Crippen LogP contribution in [-0.2, 0) is 11.2 Å². The third-order valence-corrected chi connectivity index (χ3v) is 3.84. The van der Waals surface area contributed by atoms with Gasteiger partial charge in [0, 0.05) is 18.7 Å². The van der Waals surface area contributed by atoms with Gasteiger partial charge >= 0.3 is 0 Å². The molecular weight excluding hydrogens is 238 g/mol. The van der Waals surface area contributed by atoms with Crippen molar-refractivity contribution in [2.24, 2.45) is 5.92 Å².